The molecule has 1 aromatic carbocycles. The molecule has 2 saturated heterocycles. The molecule has 1 aromatic rings. The Bertz CT molecular complexity index is 1410. The maximum Gasteiger partial charge on any atom is 0.256 e. The molecule has 218 valence electrons. The zero-order chi connectivity index (χ0) is 29.6. The molecule has 2 fully saturated rings. The maximum absolute atomic E-state index is 13.8. The average Bonchev–Trinajstić information content (AvgIpc) is 3.27. The minimum absolute atomic E-state index is 0.0482. The van der Waals surface area contributed by atoms with E-state index < -0.39 is 0 Å². The van der Waals surface area contributed by atoms with Crippen molar-refractivity contribution in [3.8, 4) is 0 Å². The monoisotopic (exact) mass is 554 g/mol. The van der Waals surface area contributed by atoms with Gasteiger partial charge in [0.2, 0.25) is 0 Å². The summed E-state index contributed by atoms with van der Waals surface area (Å²) >= 11 is 0. The molecule has 41 heavy (non-hydrogen) atoms. The second kappa shape index (κ2) is 11.6. The zero-order valence-electron chi connectivity index (χ0n) is 25.8. The number of aryl methyl sites for hydroxylation is 2. The maximum atomic E-state index is 13.8. The van der Waals surface area contributed by atoms with E-state index in [-0.39, 0.29) is 35.7 Å². The van der Waals surface area contributed by atoms with E-state index in [1.54, 1.807) is 0 Å². The summed E-state index contributed by atoms with van der Waals surface area (Å²) in [6.45, 7) is 16.3. The van der Waals surface area contributed by atoms with Crippen LogP contribution in [0.4, 0.5) is 0 Å². The molecule has 0 bridgehead atoms. The number of allylic oxidation sites excluding steroid dienone is 6. The van der Waals surface area contributed by atoms with E-state index in [0.29, 0.717) is 37.4 Å². The highest BCUT2D eigenvalue weighted by Gasteiger charge is 2.37. The van der Waals surface area contributed by atoms with Crippen molar-refractivity contribution < 1.29 is 14.7 Å². The summed E-state index contributed by atoms with van der Waals surface area (Å²) < 4.78 is 0. The number of amides is 2. The van der Waals surface area contributed by atoms with Gasteiger partial charge in [-0.15, -0.1) is 0 Å². The van der Waals surface area contributed by atoms with Gasteiger partial charge in [0, 0.05) is 41.4 Å². The number of nitrogens with one attached hydrogen (secondary N) is 1. The van der Waals surface area contributed by atoms with Gasteiger partial charge in [-0.05, 0) is 98.1 Å². The van der Waals surface area contributed by atoms with Gasteiger partial charge in [-0.3, -0.25) is 9.59 Å². The molecule has 2 aliphatic carbocycles. The van der Waals surface area contributed by atoms with Gasteiger partial charge in [0.25, 0.3) is 11.8 Å². The number of hydrogen-bond donors (Lipinski definition) is 2. The summed E-state index contributed by atoms with van der Waals surface area (Å²) in [5.41, 5.74) is 10.5. The van der Waals surface area contributed by atoms with E-state index in [9.17, 15) is 14.7 Å². The number of rotatable bonds is 5. The van der Waals surface area contributed by atoms with Crippen molar-refractivity contribution >= 4 is 11.8 Å². The smallest absolute Gasteiger partial charge is 0.256 e. The van der Waals surface area contributed by atoms with Crippen LogP contribution in [0.15, 0.2) is 75.6 Å². The molecule has 5 heteroatoms. The van der Waals surface area contributed by atoms with Crippen molar-refractivity contribution in [1.82, 2.24) is 10.2 Å². The molecule has 0 saturated carbocycles. The predicted molar refractivity (Wildman–Crippen MR) is 165 cm³/mol. The van der Waals surface area contributed by atoms with Gasteiger partial charge in [-0.2, -0.15) is 0 Å². The third-order valence-corrected chi connectivity index (χ3v) is 10.2. The molecule has 2 aliphatic heterocycles. The molecule has 0 aromatic heterocycles. The van der Waals surface area contributed by atoms with E-state index in [1.165, 1.54) is 16.7 Å². The lowest BCUT2D eigenvalue weighted by atomic mass is 9.72. The number of benzene rings is 1. The third-order valence-electron chi connectivity index (χ3n) is 10.2. The summed E-state index contributed by atoms with van der Waals surface area (Å²) in [4.78, 5) is 29.2. The van der Waals surface area contributed by atoms with Crippen molar-refractivity contribution in [2.45, 2.75) is 86.2 Å². The Kier molecular flexibility index (Phi) is 8.29. The van der Waals surface area contributed by atoms with Crippen LogP contribution >= 0.6 is 0 Å². The van der Waals surface area contributed by atoms with E-state index in [4.69, 9.17) is 0 Å². The molecule has 0 radical (unpaired) electrons. The molecule has 5 rings (SSSR count). The van der Waals surface area contributed by atoms with Crippen LogP contribution in [0, 0.1) is 24.7 Å². The van der Waals surface area contributed by atoms with Crippen molar-refractivity contribution in [1.29, 1.82) is 0 Å². The minimum atomic E-state index is -0.326. The first-order valence-corrected chi connectivity index (χ1v) is 15.5. The van der Waals surface area contributed by atoms with Crippen molar-refractivity contribution in [2.24, 2.45) is 17.8 Å². The standard InChI is InChI=1S/C36H46N2O3/c1-8-25-11-10-20(3)28(16-25)30-19-31-32(35(40)37-33(31)17-26(30)9-2)18-29-22(5)21(4)23(6)34(24(29)7)36(41)38-14-12-27(39)13-15-38/h10-11,16-19,21-22,26-27,30,39H,8-9,12-15H2,1-7H3,(H,37,40)/b32-18-. The number of piperidine rings is 1. The summed E-state index contributed by atoms with van der Waals surface area (Å²) in [5.74, 6) is 0.846. The Balaban J connectivity index is 1.57. The van der Waals surface area contributed by atoms with Gasteiger partial charge in [0.05, 0.1) is 6.10 Å². The lowest BCUT2D eigenvalue weighted by Crippen LogP contribution is -2.42. The lowest BCUT2D eigenvalue weighted by Gasteiger charge is -2.36. The van der Waals surface area contributed by atoms with Crippen LogP contribution in [0.3, 0.4) is 0 Å². The first-order chi connectivity index (χ1) is 19.5. The van der Waals surface area contributed by atoms with Crippen LogP contribution in [-0.2, 0) is 16.0 Å². The van der Waals surface area contributed by atoms with Gasteiger partial charge in [0.1, 0.15) is 0 Å². The number of likely N-dealkylation sites (tertiary alicyclic amines) is 1. The van der Waals surface area contributed by atoms with Gasteiger partial charge in [-0.25, -0.2) is 0 Å². The van der Waals surface area contributed by atoms with Gasteiger partial charge >= 0.3 is 0 Å². The van der Waals surface area contributed by atoms with Gasteiger partial charge < -0.3 is 15.3 Å². The molecule has 0 spiro atoms. The third kappa shape index (κ3) is 5.30. The number of aliphatic hydroxyl groups is 1. The number of nitrogens with zero attached hydrogens (tertiary/aromatic N) is 1. The van der Waals surface area contributed by atoms with Crippen molar-refractivity contribution in [2.75, 3.05) is 13.1 Å². The first-order valence-electron chi connectivity index (χ1n) is 15.5. The number of fused-ring (bicyclic) bond motifs is 1. The first kappa shape index (κ1) is 29.3. The fraction of sp³-hybridized carbons (Fsp3) is 0.500. The summed E-state index contributed by atoms with van der Waals surface area (Å²) in [7, 11) is 0. The van der Waals surface area contributed by atoms with E-state index in [2.05, 4.69) is 83.3 Å². The highest BCUT2D eigenvalue weighted by Crippen LogP contribution is 2.45. The Morgan fingerprint density at radius 2 is 1.78 bits per heavy atom. The predicted octanol–water partition coefficient (Wildman–Crippen LogP) is 6.45. The normalized spacial score (nSPS) is 28.1. The number of carbonyl (C=O) groups excluding carboxylic acids is 2. The Labute approximate surface area is 245 Å². The molecule has 2 N–H and O–H groups in total. The summed E-state index contributed by atoms with van der Waals surface area (Å²) in [6.07, 6.45) is 9.54. The van der Waals surface area contributed by atoms with Crippen LogP contribution in [0.25, 0.3) is 0 Å². The molecule has 4 atom stereocenters. The number of aliphatic hydroxyl groups excluding tert-OH is 1. The lowest BCUT2D eigenvalue weighted by molar-refractivity contribution is -0.129. The fourth-order valence-electron chi connectivity index (χ4n) is 7.17. The highest BCUT2D eigenvalue weighted by molar-refractivity contribution is 6.06. The molecule has 5 nitrogen and oxygen atoms in total. The van der Waals surface area contributed by atoms with Gasteiger partial charge in [-0.1, -0.05) is 63.6 Å². The SMILES string of the molecule is CCc1ccc(C)c(C2C=C3C(=CC2CC)NC(=O)/C3=C\C2=C(C)C(C(=O)N3CCC(O)CC3)=C(C)C(C)C2C)c1. The van der Waals surface area contributed by atoms with Crippen LogP contribution in [0.5, 0.6) is 0 Å². The fourth-order valence-corrected chi connectivity index (χ4v) is 7.17. The van der Waals surface area contributed by atoms with Crippen LogP contribution in [-0.4, -0.2) is 41.0 Å². The minimum Gasteiger partial charge on any atom is -0.393 e. The van der Waals surface area contributed by atoms with Crippen LogP contribution in [0.1, 0.15) is 83.4 Å². The van der Waals surface area contributed by atoms with Gasteiger partial charge in [0.15, 0.2) is 0 Å². The molecule has 4 aliphatic rings. The Hall–Kier alpha value is -3.18. The molecule has 2 heterocycles. The Morgan fingerprint density at radius 3 is 2.44 bits per heavy atom. The molecule has 2 amide bonds. The number of carbonyl (C=O) groups is 2. The second-order valence-corrected chi connectivity index (χ2v) is 12.6. The highest BCUT2D eigenvalue weighted by atomic mass is 16.3. The zero-order valence-corrected chi connectivity index (χ0v) is 25.8. The number of hydrogen-bond acceptors (Lipinski definition) is 3. The summed E-state index contributed by atoms with van der Waals surface area (Å²) in [5, 5.41) is 13.1. The molecular formula is C36H46N2O3. The second-order valence-electron chi connectivity index (χ2n) is 12.6. The Morgan fingerprint density at radius 1 is 1.07 bits per heavy atom. The summed E-state index contributed by atoms with van der Waals surface area (Å²) in [6, 6.07) is 6.78. The van der Waals surface area contributed by atoms with E-state index in [0.717, 1.165) is 46.4 Å². The van der Waals surface area contributed by atoms with Crippen molar-refractivity contribution in [3.63, 3.8) is 0 Å². The van der Waals surface area contributed by atoms with Crippen molar-refractivity contribution in [3.05, 3.63) is 92.3 Å². The topological polar surface area (TPSA) is 69.6 Å². The quantitative estimate of drug-likeness (QED) is 0.411. The van der Waals surface area contributed by atoms with E-state index >= 15 is 0 Å². The largest absolute Gasteiger partial charge is 0.393 e. The van der Waals surface area contributed by atoms with Crippen LogP contribution in [0.2, 0.25) is 0 Å². The average molecular weight is 555 g/mol. The molecular weight excluding hydrogens is 508 g/mol. The van der Waals surface area contributed by atoms with Crippen LogP contribution < -0.4 is 5.32 Å². The molecule has 4 unspecified atom stereocenters. The van der Waals surface area contributed by atoms with E-state index in [1.807, 2.05) is 11.8 Å².